The number of nitrogens with zero attached hydrogens (tertiary/aromatic N) is 1. The van der Waals surface area contributed by atoms with Crippen molar-refractivity contribution in [1.29, 1.82) is 0 Å². The number of rotatable bonds is 2. The maximum absolute atomic E-state index is 5.45. The molecule has 1 fully saturated rings. The van der Waals surface area contributed by atoms with E-state index in [2.05, 4.69) is 39.7 Å². The van der Waals surface area contributed by atoms with Crippen LogP contribution in [0.3, 0.4) is 0 Å². The predicted octanol–water partition coefficient (Wildman–Crippen LogP) is 3.52. The van der Waals surface area contributed by atoms with Crippen LogP contribution in [-0.2, 0) is 5.66 Å². The topological polar surface area (TPSA) is 27.3 Å². The van der Waals surface area contributed by atoms with Crippen molar-refractivity contribution in [2.75, 3.05) is 5.01 Å². The highest BCUT2D eigenvalue weighted by molar-refractivity contribution is 9.10. The molecule has 1 unspecified atom stereocenters. The van der Waals surface area contributed by atoms with E-state index in [1.165, 1.54) is 0 Å². The summed E-state index contributed by atoms with van der Waals surface area (Å²) in [5, 5.41) is 5.91. The second-order valence-corrected chi connectivity index (χ2v) is 6.06. The Kier molecular flexibility index (Phi) is 3.50. The Morgan fingerprint density at radius 1 is 1.05 bits per heavy atom. The fraction of sp³-hybridized carbons (Fsp3) is 0.133. The average molecular weight is 348 g/mol. The number of halogens is 1. The molecule has 2 aromatic carbocycles. The lowest BCUT2D eigenvalue weighted by Crippen LogP contribution is -2.46. The van der Waals surface area contributed by atoms with Gasteiger partial charge in [-0.3, -0.25) is 0 Å². The highest BCUT2D eigenvalue weighted by Crippen LogP contribution is 2.30. The Labute approximate surface area is 132 Å². The van der Waals surface area contributed by atoms with Gasteiger partial charge in [-0.25, -0.2) is 5.01 Å². The number of hydrazine groups is 1. The summed E-state index contributed by atoms with van der Waals surface area (Å²) in [5.41, 5.74) is 5.13. The molecule has 0 spiro atoms. The lowest BCUT2D eigenvalue weighted by molar-refractivity contribution is 0.388. The monoisotopic (exact) mass is 347 g/mol. The first-order valence-corrected chi connectivity index (χ1v) is 7.50. The summed E-state index contributed by atoms with van der Waals surface area (Å²) in [7, 11) is 0. The summed E-state index contributed by atoms with van der Waals surface area (Å²) < 4.78 is 1.04. The van der Waals surface area contributed by atoms with Crippen LogP contribution in [0.15, 0.2) is 59.1 Å². The largest absolute Gasteiger partial charge is 0.338 e. The average Bonchev–Trinajstić information content (AvgIpc) is 2.76. The molecule has 1 heterocycles. The second-order valence-electron chi connectivity index (χ2n) is 4.82. The van der Waals surface area contributed by atoms with Gasteiger partial charge >= 0.3 is 0 Å². The molecule has 0 bridgehead atoms. The van der Waals surface area contributed by atoms with E-state index < -0.39 is 5.66 Å². The molecular formula is C15H14BrN3S. The van der Waals surface area contributed by atoms with Gasteiger partial charge in [0.1, 0.15) is 5.66 Å². The molecule has 1 atom stereocenters. The molecule has 20 heavy (non-hydrogen) atoms. The van der Waals surface area contributed by atoms with E-state index in [9.17, 15) is 0 Å². The predicted molar refractivity (Wildman–Crippen MR) is 89.3 cm³/mol. The van der Waals surface area contributed by atoms with Crippen molar-refractivity contribution in [2.24, 2.45) is 0 Å². The number of anilines is 1. The SMILES string of the molecule is CC1(c2ccccc2Br)NC(=S)N(c2ccccc2)N1. The van der Waals surface area contributed by atoms with Crippen molar-refractivity contribution in [3.63, 3.8) is 0 Å². The van der Waals surface area contributed by atoms with Crippen LogP contribution in [0.4, 0.5) is 5.69 Å². The van der Waals surface area contributed by atoms with Crippen molar-refractivity contribution in [2.45, 2.75) is 12.6 Å². The quantitative estimate of drug-likeness (QED) is 0.812. The zero-order chi connectivity index (χ0) is 14.2. The minimum atomic E-state index is -0.437. The molecule has 102 valence electrons. The summed E-state index contributed by atoms with van der Waals surface area (Å²) in [4.78, 5) is 0. The molecule has 0 aromatic heterocycles. The molecule has 3 rings (SSSR count). The standard InChI is InChI=1S/C15H14BrN3S/c1-15(12-9-5-6-10-13(12)16)17-14(20)19(18-15)11-7-3-2-4-8-11/h2-10,18H,1H3,(H,17,20). The molecule has 5 heteroatoms. The zero-order valence-electron chi connectivity index (χ0n) is 10.9. The Morgan fingerprint density at radius 2 is 1.70 bits per heavy atom. The fourth-order valence-electron chi connectivity index (χ4n) is 2.33. The number of hydrogen-bond acceptors (Lipinski definition) is 2. The van der Waals surface area contributed by atoms with Gasteiger partial charge in [0.05, 0.1) is 5.69 Å². The smallest absolute Gasteiger partial charge is 0.190 e. The van der Waals surface area contributed by atoms with Crippen LogP contribution in [0, 0.1) is 0 Å². The van der Waals surface area contributed by atoms with E-state index in [1.807, 2.05) is 53.5 Å². The molecule has 0 aliphatic carbocycles. The third-order valence-corrected chi connectivity index (χ3v) is 4.30. The van der Waals surface area contributed by atoms with E-state index >= 15 is 0 Å². The number of para-hydroxylation sites is 1. The minimum Gasteiger partial charge on any atom is -0.338 e. The maximum Gasteiger partial charge on any atom is 0.190 e. The van der Waals surface area contributed by atoms with Gasteiger partial charge in [-0.15, -0.1) is 0 Å². The highest BCUT2D eigenvalue weighted by atomic mass is 79.9. The first kappa shape index (κ1) is 13.5. The first-order chi connectivity index (χ1) is 9.60. The summed E-state index contributed by atoms with van der Waals surface area (Å²) in [6.07, 6.45) is 0. The normalized spacial score (nSPS) is 21.9. The molecule has 1 saturated heterocycles. The lowest BCUT2D eigenvalue weighted by Gasteiger charge is -2.27. The maximum atomic E-state index is 5.45. The lowest BCUT2D eigenvalue weighted by atomic mass is 10.0. The van der Waals surface area contributed by atoms with Crippen LogP contribution in [0.5, 0.6) is 0 Å². The highest BCUT2D eigenvalue weighted by Gasteiger charge is 2.39. The van der Waals surface area contributed by atoms with Crippen LogP contribution in [0.2, 0.25) is 0 Å². The van der Waals surface area contributed by atoms with E-state index in [0.29, 0.717) is 5.11 Å². The Hall–Kier alpha value is -1.43. The molecule has 0 radical (unpaired) electrons. The summed E-state index contributed by atoms with van der Waals surface area (Å²) in [5.74, 6) is 0. The third kappa shape index (κ3) is 2.32. The molecular weight excluding hydrogens is 334 g/mol. The van der Waals surface area contributed by atoms with Crippen LogP contribution < -0.4 is 15.8 Å². The van der Waals surface area contributed by atoms with Gasteiger partial charge in [-0.05, 0) is 37.3 Å². The molecule has 0 amide bonds. The second kappa shape index (κ2) is 5.16. The van der Waals surface area contributed by atoms with Gasteiger partial charge < -0.3 is 5.32 Å². The number of nitrogens with one attached hydrogen (secondary N) is 2. The van der Waals surface area contributed by atoms with E-state index in [1.54, 1.807) is 0 Å². The molecule has 1 aliphatic rings. The number of benzene rings is 2. The molecule has 2 aromatic rings. The van der Waals surface area contributed by atoms with Gasteiger partial charge in [0.25, 0.3) is 0 Å². The summed E-state index contributed by atoms with van der Waals surface area (Å²) in [6, 6.07) is 18.1. The first-order valence-electron chi connectivity index (χ1n) is 6.30. The van der Waals surface area contributed by atoms with Crippen molar-refractivity contribution >= 4 is 38.9 Å². The van der Waals surface area contributed by atoms with Crippen LogP contribution in [-0.4, -0.2) is 5.11 Å². The summed E-state index contributed by atoms with van der Waals surface area (Å²) in [6.45, 7) is 2.07. The Balaban J connectivity index is 1.96. The molecule has 3 nitrogen and oxygen atoms in total. The van der Waals surface area contributed by atoms with Crippen LogP contribution >= 0.6 is 28.1 Å². The zero-order valence-corrected chi connectivity index (χ0v) is 13.3. The van der Waals surface area contributed by atoms with Gasteiger partial charge in [-0.2, -0.15) is 5.43 Å². The van der Waals surface area contributed by atoms with E-state index in [-0.39, 0.29) is 0 Å². The van der Waals surface area contributed by atoms with Crippen LogP contribution in [0.1, 0.15) is 12.5 Å². The number of thiocarbonyl (C=S) groups is 1. The number of hydrogen-bond donors (Lipinski definition) is 2. The minimum absolute atomic E-state index is 0.437. The van der Waals surface area contributed by atoms with Crippen molar-refractivity contribution in [3.05, 3.63) is 64.6 Å². The van der Waals surface area contributed by atoms with Crippen molar-refractivity contribution in [3.8, 4) is 0 Å². The molecule has 2 N–H and O–H groups in total. The van der Waals surface area contributed by atoms with Gasteiger partial charge in [0.2, 0.25) is 0 Å². The van der Waals surface area contributed by atoms with Crippen LogP contribution in [0.25, 0.3) is 0 Å². The van der Waals surface area contributed by atoms with E-state index in [0.717, 1.165) is 15.7 Å². The van der Waals surface area contributed by atoms with Gasteiger partial charge in [0.15, 0.2) is 5.11 Å². The molecule has 1 aliphatic heterocycles. The van der Waals surface area contributed by atoms with Crippen molar-refractivity contribution in [1.82, 2.24) is 10.7 Å². The molecule has 0 saturated carbocycles. The van der Waals surface area contributed by atoms with Gasteiger partial charge in [-0.1, -0.05) is 52.3 Å². The Bertz CT molecular complexity index is 647. The van der Waals surface area contributed by atoms with E-state index in [4.69, 9.17) is 12.2 Å². The van der Waals surface area contributed by atoms with Crippen molar-refractivity contribution < 1.29 is 0 Å². The van der Waals surface area contributed by atoms with Gasteiger partial charge in [0, 0.05) is 10.0 Å². The fourth-order valence-corrected chi connectivity index (χ4v) is 3.36. The Morgan fingerprint density at radius 3 is 2.40 bits per heavy atom. The summed E-state index contributed by atoms with van der Waals surface area (Å²) >= 11 is 9.05. The third-order valence-electron chi connectivity index (χ3n) is 3.32.